The number of hydrogen-bond acceptors (Lipinski definition) is 5. The standard InChI is InChI=1S/C19H19NO5/c1-13-5-3-4-6-15(13)10-20(11-18(21)23-2)19(22)14-7-8-16-17(9-14)25-12-24-16/h3-9H,10-12H2,1-2H3. The predicted molar refractivity (Wildman–Crippen MR) is 90.5 cm³/mol. The van der Waals surface area contributed by atoms with Gasteiger partial charge >= 0.3 is 5.97 Å². The molecular weight excluding hydrogens is 322 g/mol. The van der Waals surface area contributed by atoms with E-state index in [0.717, 1.165) is 11.1 Å². The van der Waals surface area contributed by atoms with E-state index in [9.17, 15) is 9.59 Å². The largest absolute Gasteiger partial charge is 0.468 e. The van der Waals surface area contributed by atoms with Crippen molar-refractivity contribution in [1.82, 2.24) is 4.90 Å². The van der Waals surface area contributed by atoms with Gasteiger partial charge in [-0.2, -0.15) is 0 Å². The molecule has 1 amide bonds. The Bertz CT molecular complexity index is 802. The second-order valence-electron chi connectivity index (χ2n) is 5.73. The lowest BCUT2D eigenvalue weighted by molar-refractivity contribution is -0.141. The number of esters is 1. The number of nitrogens with zero attached hydrogens (tertiary/aromatic N) is 1. The molecule has 6 nitrogen and oxygen atoms in total. The van der Waals surface area contributed by atoms with Crippen LogP contribution in [-0.2, 0) is 16.1 Å². The summed E-state index contributed by atoms with van der Waals surface area (Å²) in [6, 6.07) is 12.7. The lowest BCUT2D eigenvalue weighted by Crippen LogP contribution is -2.36. The molecule has 130 valence electrons. The van der Waals surface area contributed by atoms with E-state index < -0.39 is 5.97 Å². The van der Waals surface area contributed by atoms with Crippen molar-refractivity contribution in [3.05, 3.63) is 59.2 Å². The first kappa shape index (κ1) is 16.8. The third-order valence-electron chi connectivity index (χ3n) is 4.08. The van der Waals surface area contributed by atoms with Crippen molar-refractivity contribution in [2.75, 3.05) is 20.4 Å². The summed E-state index contributed by atoms with van der Waals surface area (Å²) in [5, 5.41) is 0. The summed E-state index contributed by atoms with van der Waals surface area (Å²) >= 11 is 0. The molecule has 0 aromatic heterocycles. The molecule has 2 aromatic carbocycles. The molecule has 0 spiro atoms. The molecule has 3 rings (SSSR count). The molecule has 0 radical (unpaired) electrons. The van der Waals surface area contributed by atoms with Crippen LogP contribution in [0.4, 0.5) is 0 Å². The molecule has 6 heteroatoms. The van der Waals surface area contributed by atoms with Crippen LogP contribution in [0.25, 0.3) is 0 Å². The highest BCUT2D eigenvalue weighted by Crippen LogP contribution is 2.33. The van der Waals surface area contributed by atoms with E-state index in [-0.39, 0.29) is 19.2 Å². The molecule has 0 fully saturated rings. The van der Waals surface area contributed by atoms with Crippen molar-refractivity contribution >= 4 is 11.9 Å². The lowest BCUT2D eigenvalue weighted by atomic mass is 10.1. The predicted octanol–water partition coefficient (Wildman–Crippen LogP) is 2.54. The maximum atomic E-state index is 12.9. The molecule has 1 heterocycles. The van der Waals surface area contributed by atoms with Crippen molar-refractivity contribution < 1.29 is 23.8 Å². The Labute approximate surface area is 145 Å². The summed E-state index contributed by atoms with van der Waals surface area (Å²) in [7, 11) is 1.30. The number of carbonyl (C=O) groups is 2. The molecule has 0 unspecified atom stereocenters. The van der Waals surface area contributed by atoms with Gasteiger partial charge in [0.15, 0.2) is 11.5 Å². The van der Waals surface area contributed by atoms with Crippen LogP contribution in [0, 0.1) is 6.92 Å². The van der Waals surface area contributed by atoms with Gasteiger partial charge in [0.05, 0.1) is 7.11 Å². The van der Waals surface area contributed by atoms with Crippen LogP contribution >= 0.6 is 0 Å². The Morgan fingerprint density at radius 1 is 1.12 bits per heavy atom. The first-order valence-electron chi connectivity index (χ1n) is 7.88. The van der Waals surface area contributed by atoms with Crippen molar-refractivity contribution in [3.8, 4) is 11.5 Å². The fourth-order valence-electron chi connectivity index (χ4n) is 2.63. The van der Waals surface area contributed by atoms with Crippen LogP contribution in [0.1, 0.15) is 21.5 Å². The molecule has 25 heavy (non-hydrogen) atoms. The Hall–Kier alpha value is -3.02. The Balaban J connectivity index is 1.86. The van der Waals surface area contributed by atoms with E-state index in [1.165, 1.54) is 12.0 Å². The number of benzene rings is 2. The number of aryl methyl sites for hydroxylation is 1. The molecule has 1 aliphatic rings. The highest BCUT2D eigenvalue weighted by atomic mass is 16.7. The normalized spacial score (nSPS) is 11.9. The fourth-order valence-corrected chi connectivity index (χ4v) is 2.63. The topological polar surface area (TPSA) is 65.1 Å². The van der Waals surface area contributed by atoms with E-state index in [4.69, 9.17) is 14.2 Å². The fraction of sp³-hybridized carbons (Fsp3) is 0.263. The number of amides is 1. The highest BCUT2D eigenvalue weighted by molar-refractivity contribution is 5.96. The summed E-state index contributed by atoms with van der Waals surface area (Å²) in [6.07, 6.45) is 0. The minimum Gasteiger partial charge on any atom is -0.468 e. The molecule has 0 bridgehead atoms. The Morgan fingerprint density at radius 3 is 2.64 bits per heavy atom. The van der Waals surface area contributed by atoms with Crippen LogP contribution in [0.2, 0.25) is 0 Å². The number of rotatable bonds is 5. The van der Waals surface area contributed by atoms with Gasteiger partial charge in [-0.05, 0) is 36.2 Å². The monoisotopic (exact) mass is 341 g/mol. The summed E-state index contributed by atoms with van der Waals surface area (Å²) in [5.74, 6) is 0.393. The number of ether oxygens (including phenoxy) is 3. The third-order valence-corrected chi connectivity index (χ3v) is 4.08. The molecule has 1 aliphatic heterocycles. The molecule has 2 aromatic rings. The van der Waals surface area contributed by atoms with Crippen molar-refractivity contribution in [2.24, 2.45) is 0 Å². The maximum Gasteiger partial charge on any atom is 0.325 e. The van der Waals surface area contributed by atoms with Crippen molar-refractivity contribution in [3.63, 3.8) is 0 Å². The van der Waals surface area contributed by atoms with E-state index >= 15 is 0 Å². The van der Waals surface area contributed by atoms with E-state index in [2.05, 4.69) is 0 Å². The van der Waals surface area contributed by atoms with Crippen LogP contribution in [0.3, 0.4) is 0 Å². The average molecular weight is 341 g/mol. The zero-order chi connectivity index (χ0) is 17.8. The van der Waals surface area contributed by atoms with E-state index in [0.29, 0.717) is 23.6 Å². The zero-order valence-electron chi connectivity index (χ0n) is 14.2. The quantitative estimate of drug-likeness (QED) is 0.782. The second-order valence-corrected chi connectivity index (χ2v) is 5.73. The SMILES string of the molecule is COC(=O)CN(Cc1ccccc1C)C(=O)c1ccc2c(c1)OCO2. The molecule has 0 N–H and O–H groups in total. The van der Waals surface area contributed by atoms with Crippen LogP contribution < -0.4 is 9.47 Å². The average Bonchev–Trinajstić information content (AvgIpc) is 3.09. The summed E-state index contributed by atoms with van der Waals surface area (Å²) in [6.45, 7) is 2.30. The van der Waals surface area contributed by atoms with Crippen molar-refractivity contribution in [2.45, 2.75) is 13.5 Å². The maximum absolute atomic E-state index is 12.9. The molecule has 0 aliphatic carbocycles. The number of carbonyl (C=O) groups excluding carboxylic acids is 2. The van der Waals surface area contributed by atoms with E-state index in [1.807, 2.05) is 31.2 Å². The molecule has 0 saturated carbocycles. The zero-order valence-corrected chi connectivity index (χ0v) is 14.2. The Kier molecular flexibility index (Phi) is 4.88. The number of hydrogen-bond donors (Lipinski definition) is 0. The molecule has 0 atom stereocenters. The Morgan fingerprint density at radius 2 is 1.88 bits per heavy atom. The molecular formula is C19H19NO5. The van der Waals surface area contributed by atoms with Gasteiger partial charge in [-0.3, -0.25) is 9.59 Å². The first-order valence-corrected chi connectivity index (χ1v) is 7.88. The van der Waals surface area contributed by atoms with Crippen molar-refractivity contribution in [1.29, 1.82) is 0 Å². The van der Waals surface area contributed by atoms with Gasteiger partial charge in [0.1, 0.15) is 6.54 Å². The van der Waals surface area contributed by atoms with E-state index in [1.54, 1.807) is 18.2 Å². The van der Waals surface area contributed by atoms with Crippen LogP contribution in [0.15, 0.2) is 42.5 Å². The second kappa shape index (κ2) is 7.25. The number of fused-ring (bicyclic) bond motifs is 1. The van der Waals surface area contributed by atoms with Gasteiger partial charge in [-0.25, -0.2) is 0 Å². The van der Waals surface area contributed by atoms with Gasteiger partial charge in [0.2, 0.25) is 6.79 Å². The summed E-state index contributed by atoms with van der Waals surface area (Å²) in [4.78, 5) is 26.2. The van der Waals surface area contributed by atoms with Gasteiger partial charge in [-0.15, -0.1) is 0 Å². The third kappa shape index (κ3) is 3.74. The van der Waals surface area contributed by atoms with Gasteiger partial charge < -0.3 is 19.1 Å². The molecule has 0 saturated heterocycles. The highest BCUT2D eigenvalue weighted by Gasteiger charge is 2.23. The number of methoxy groups -OCH3 is 1. The van der Waals surface area contributed by atoms with Gasteiger partial charge in [-0.1, -0.05) is 24.3 Å². The minimum absolute atomic E-state index is 0.127. The van der Waals surface area contributed by atoms with Crippen LogP contribution in [-0.4, -0.2) is 37.2 Å². The lowest BCUT2D eigenvalue weighted by Gasteiger charge is -2.22. The van der Waals surface area contributed by atoms with Crippen LogP contribution in [0.5, 0.6) is 11.5 Å². The summed E-state index contributed by atoms with van der Waals surface area (Å²) < 4.78 is 15.3. The smallest absolute Gasteiger partial charge is 0.325 e. The summed E-state index contributed by atoms with van der Waals surface area (Å²) in [5.41, 5.74) is 2.46. The van der Waals surface area contributed by atoms with Gasteiger partial charge in [0.25, 0.3) is 5.91 Å². The minimum atomic E-state index is -0.470. The van der Waals surface area contributed by atoms with Gasteiger partial charge in [0, 0.05) is 12.1 Å². The first-order chi connectivity index (χ1) is 12.1.